The van der Waals surface area contributed by atoms with Crippen LogP contribution in [0.1, 0.15) is 32.1 Å². The lowest BCUT2D eigenvalue weighted by Crippen LogP contribution is -2.49. The Bertz CT molecular complexity index is 344. The lowest BCUT2D eigenvalue weighted by atomic mass is 9.74. The lowest BCUT2D eigenvalue weighted by Gasteiger charge is -2.35. The average molecular weight is 225 g/mol. The lowest BCUT2D eigenvalue weighted by molar-refractivity contribution is -0.152. The van der Waals surface area contributed by atoms with Crippen molar-refractivity contribution in [3.8, 4) is 0 Å². The number of Topliss-reactive ketones (excluding diaryl/α,β-unsaturated/α-hetero) is 1. The zero-order chi connectivity index (χ0) is 11.8. The van der Waals surface area contributed by atoms with Crippen molar-refractivity contribution in [3.63, 3.8) is 0 Å². The number of hydrogen-bond donors (Lipinski definition) is 1. The summed E-state index contributed by atoms with van der Waals surface area (Å²) in [7, 11) is 1.28. The van der Waals surface area contributed by atoms with E-state index in [0.717, 1.165) is 0 Å². The minimum Gasteiger partial charge on any atom is -0.468 e. The molecule has 2 aliphatic rings. The van der Waals surface area contributed by atoms with Gasteiger partial charge in [-0.3, -0.25) is 14.4 Å². The first kappa shape index (κ1) is 11.1. The molecule has 2 atom stereocenters. The molecule has 16 heavy (non-hydrogen) atoms. The number of ketones is 1. The number of hydrogen-bond acceptors (Lipinski definition) is 4. The summed E-state index contributed by atoms with van der Waals surface area (Å²) in [5.41, 5.74) is -0.343. The van der Waals surface area contributed by atoms with Crippen LogP contribution in [0.2, 0.25) is 0 Å². The van der Waals surface area contributed by atoms with Crippen LogP contribution in [0.15, 0.2) is 0 Å². The van der Waals surface area contributed by atoms with Crippen molar-refractivity contribution in [2.45, 2.75) is 37.6 Å². The largest absolute Gasteiger partial charge is 0.468 e. The van der Waals surface area contributed by atoms with Gasteiger partial charge < -0.3 is 10.1 Å². The number of carbonyl (C=O) groups excluding carboxylic acids is 3. The molecular weight excluding hydrogens is 210 g/mol. The summed E-state index contributed by atoms with van der Waals surface area (Å²) in [6.07, 6.45) is 2.59. The number of methoxy groups -OCH3 is 1. The number of carbonyl (C=O) groups is 3. The maximum Gasteiger partial charge on any atom is 0.316 e. The van der Waals surface area contributed by atoms with Crippen LogP contribution in [-0.4, -0.2) is 30.3 Å². The number of ether oxygens (including phenoxy) is 1. The normalized spacial score (nSPS) is 33.9. The van der Waals surface area contributed by atoms with Gasteiger partial charge in [-0.25, -0.2) is 0 Å². The second-order valence-electron chi connectivity index (χ2n) is 4.57. The van der Waals surface area contributed by atoms with Gasteiger partial charge in [-0.05, 0) is 19.3 Å². The molecule has 2 fully saturated rings. The Morgan fingerprint density at radius 2 is 2.06 bits per heavy atom. The molecule has 0 aromatic rings. The van der Waals surface area contributed by atoms with E-state index in [1.165, 1.54) is 7.11 Å². The predicted molar refractivity (Wildman–Crippen MR) is 54.5 cm³/mol. The molecule has 1 aliphatic heterocycles. The highest BCUT2D eigenvalue weighted by atomic mass is 16.5. The Hall–Kier alpha value is -1.39. The van der Waals surface area contributed by atoms with Crippen molar-refractivity contribution in [1.29, 1.82) is 0 Å². The van der Waals surface area contributed by atoms with Crippen molar-refractivity contribution in [2.75, 3.05) is 7.11 Å². The molecule has 0 radical (unpaired) electrons. The number of amides is 1. The molecule has 5 heteroatoms. The van der Waals surface area contributed by atoms with Gasteiger partial charge in [0.1, 0.15) is 11.7 Å². The van der Waals surface area contributed by atoms with Crippen molar-refractivity contribution in [1.82, 2.24) is 5.32 Å². The van der Waals surface area contributed by atoms with Gasteiger partial charge in [0.25, 0.3) is 0 Å². The molecule has 1 amide bonds. The first-order valence-corrected chi connectivity index (χ1v) is 5.48. The zero-order valence-corrected chi connectivity index (χ0v) is 9.25. The van der Waals surface area contributed by atoms with Crippen molar-refractivity contribution < 1.29 is 19.1 Å². The Kier molecular flexibility index (Phi) is 2.69. The molecule has 1 saturated carbocycles. The van der Waals surface area contributed by atoms with E-state index in [-0.39, 0.29) is 17.2 Å². The van der Waals surface area contributed by atoms with Crippen molar-refractivity contribution in [3.05, 3.63) is 0 Å². The molecule has 1 saturated heterocycles. The first-order chi connectivity index (χ1) is 7.56. The summed E-state index contributed by atoms with van der Waals surface area (Å²) in [4.78, 5) is 34.3. The summed E-state index contributed by atoms with van der Waals surface area (Å²) in [6, 6.07) is 0. The van der Waals surface area contributed by atoms with Crippen LogP contribution in [0.25, 0.3) is 0 Å². The van der Waals surface area contributed by atoms with Crippen LogP contribution in [-0.2, 0) is 19.1 Å². The van der Waals surface area contributed by atoms with Crippen LogP contribution in [0.5, 0.6) is 0 Å². The molecule has 2 rings (SSSR count). The maximum atomic E-state index is 11.6. The third-order valence-corrected chi connectivity index (χ3v) is 3.55. The van der Waals surface area contributed by atoms with Gasteiger partial charge >= 0.3 is 5.97 Å². The van der Waals surface area contributed by atoms with E-state index in [1.807, 2.05) is 0 Å². The standard InChI is InChI=1S/C11H15NO4/c1-16-10(15)7-6-11(4-2-8(7)13)5-3-9(14)12-11/h7H,2-6H2,1H3,(H,12,14)/t7-,11+/m1/s1. The molecule has 0 aromatic carbocycles. The summed E-state index contributed by atoms with van der Waals surface area (Å²) >= 11 is 0. The molecule has 0 unspecified atom stereocenters. The minimum atomic E-state index is -0.697. The van der Waals surface area contributed by atoms with E-state index >= 15 is 0 Å². The van der Waals surface area contributed by atoms with Crippen molar-refractivity contribution >= 4 is 17.7 Å². The SMILES string of the molecule is COC(=O)[C@@H]1C[C@@]2(CCC(=O)N2)CCC1=O. The second-order valence-corrected chi connectivity index (χ2v) is 4.57. The Morgan fingerprint density at radius 3 is 2.62 bits per heavy atom. The van der Waals surface area contributed by atoms with Gasteiger partial charge in [0.2, 0.25) is 5.91 Å². The van der Waals surface area contributed by atoms with Crippen LogP contribution in [0.3, 0.4) is 0 Å². The Labute approximate surface area is 93.5 Å². The minimum absolute atomic E-state index is 0.0120. The third-order valence-electron chi connectivity index (χ3n) is 3.55. The molecule has 5 nitrogen and oxygen atoms in total. The fraction of sp³-hybridized carbons (Fsp3) is 0.727. The number of esters is 1. The van der Waals surface area contributed by atoms with Crippen molar-refractivity contribution in [2.24, 2.45) is 5.92 Å². The topological polar surface area (TPSA) is 72.5 Å². The number of rotatable bonds is 1. The highest BCUT2D eigenvalue weighted by molar-refractivity contribution is 6.00. The van der Waals surface area contributed by atoms with E-state index in [2.05, 4.69) is 10.1 Å². The second kappa shape index (κ2) is 3.88. The van der Waals surface area contributed by atoms with Crippen LogP contribution < -0.4 is 5.32 Å². The van der Waals surface area contributed by atoms with Crippen LogP contribution in [0.4, 0.5) is 0 Å². The van der Waals surface area contributed by atoms with E-state index in [4.69, 9.17) is 0 Å². The number of nitrogens with one attached hydrogen (secondary N) is 1. The summed E-state index contributed by atoms with van der Waals surface area (Å²) in [5, 5.41) is 2.90. The van der Waals surface area contributed by atoms with Gasteiger partial charge in [-0.1, -0.05) is 0 Å². The highest BCUT2D eigenvalue weighted by Gasteiger charge is 2.47. The van der Waals surface area contributed by atoms with Crippen LogP contribution >= 0.6 is 0 Å². The van der Waals surface area contributed by atoms with E-state index in [9.17, 15) is 14.4 Å². The van der Waals surface area contributed by atoms with Gasteiger partial charge in [-0.2, -0.15) is 0 Å². The monoisotopic (exact) mass is 225 g/mol. The highest BCUT2D eigenvalue weighted by Crippen LogP contribution is 2.37. The van der Waals surface area contributed by atoms with Crippen LogP contribution in [0, 0.1) is 5.92 Å². The first-order valence-electron chi connectivity index (χ1n) is 5.48. The Morgan fingerprint density at radius 1 is 1.38 bits per heavy atom. The molecule has 1 spiro atoms. The van der Waals surface area contributed by atoms with E-state index in [1.54, 1.807) is 0 Å². The fourth-order valence-electron chi connectivity index (χ4n) is 2.61. The zero-order valence-electron chi connectivity index (χ0n) is 9.25. The summed E-state index contributed by atoms with van der Waals surface area (Å²) < 4.78 is 4.62. The molecular formula is C11H15NO4. The van der Waals surface area contributed by atoms with E-state index in [0.29, 0.717) is 32.1 Å². The van der Waals surface area contributed by atoms with Gasteiger partial charge in [-0.15, -0.1) is 0 Å². The molecule has 1 aliphatic carbocycles. The van der Waals surface area contributed by atoms with Gasteiger partial charge in [0.05, 0.1) is 7.11 Å². The van der Waals surface area contributed by atoms with Gasteiger partial charge in [0, 0.05) is 18.4 Å². The quantitative estimate of drug-likeness (QED) is 0.510. The van der Waals surface area contributed by atoms with E-state index < -0.39 is 11.9 Å². The smallest absolute Gasteiger partial charge is 0.316 e. The Balaban J connectivity index is 2.13. The molecule has 0 aromatic heterocycles. The fourth-order valence-corrected chi connectivity index (χ4v) is 2.61. The average Bonchev–Trinajstić information content (AvgIpc) is 2.63. The molecule has 1 N–H and O–H groups in total. The molecule has 0 bridgehead atoms. The maximum absolute atomic E-state index is 11.6. The molecule has 1 heterocycles. The van der Waals surface area contributed by atoms with Gasteiger partial charge in [0.15, 0.2) is 0 Å². The predicted octanol–water partition coefficient (Wildman–Crippen LogP) is 0.177. The molecule has 88 valence electrons. The third kappa shape index (κ3) is 1.81. The summed E-state index contributed by atoms with van der Waals surface area (Å²) in [5.74, 6) is -1.24. The summed E-state index contributed by atoms with van der Waals surface area (Å²) in [6.45, 7) is 0.